The van der Waals surface area contributed by atoms with Gasteiger partial charge in [-0.3, -0.25) is 5.10 Å². The Balaban J connectivity index is 1.42. The summed E-state index contributed by atoms with van der Waals surface area (Å²) in [5.41, 5.74) is 1.32. The zero-order chi connectivity index (χ0) is 17.9. The van der Waals surface area contributed by atoms with E-state index in [4.69, 9.17) is 13.7 Å². The van der Waals surface area contributed by atoms with Crippen molar-refractivity contribution in [1.82, 2.24) is 15.4 Å². The Morgan fingerprint density at radius 3 is 2.85 bits per heavy atom. The summed E-state index contributed by atoms with van der Waals surface area (Å²) in [4.78, 5) is 12.1. The van der Waals surface area contributed by atoms with Gasteiger partial charge in [-0.15, -0.1) is 0 Å². The second-order valence-electron chi connectivity index (χ2n) is 5.38. The fraction of sp³-hybridized carbons (Fsp3) is 0.0556. The van der Waals surface area contributed by atoms with Crippen LogP contribution in [0.1, 0.15) is 16.2 Å². The van der Waals surface area contributed by atoms with Crippen molar-refractivity contribution in [1.29, 1.82) is 0 Å². The highest BCUT2D eigenvalue weighted by molar-refractivity contribution is 5.88. The van der Waals surface area contributed by atoms with E-state index in [-0.39, 0.29) is 23.6 Å². The second-order valence-corrected chi connectivity index (χ2v) is 5.38. The Hall–Kier alpha value is -3.68. The largest absolute Gasteiger partial charge is 0.463 e. The molecular formula is C18H12FN3O4. The summed E-state index contributed by atoms with van der Waals surface area (Å²) in [5, 5.41) is 10.4. The normalized spacial score (nSPS) is 10.8. The van der Waals surface area contributed by atoms with Crippen LogP contribution in [0.4, 0.5) is 4.39 Å². The molecule has 4 aromatic rings. The lowest BCUT2D eigenvalue weighted by molar-refractivity contribution is 0.0457. The fourth-order valence-electron chi connectivity index (χ4n) is 2.36. The first-order valence-electron chi connectivity index (χ1n) is 7.67. The molecule has 0 amide bonds. The Bertz CT molecular complexity index is 1040. The van der Waals surface area contributed by atoms with Gasteiger partial charge in [-0.1, -0.05) is 17.3 Å². The summed E-state index contributed by atoms with van der Waals surface area (Å²) in [6.45, 7) is -0.119. The summed E-state index contributed by atoms with van der Waals surface area (Å²) in [7, 11) is 0. The minimum Gasteiger partial charge on any atom is -0.463 e. The van der Waals surface area contributed by atoms with Crippen molar-refractivity contribution >= 4 is 5.97 Å². The van der Waals surface area contributed by atoms with Crippen LogP contribution in [0.3, 0.4) is 0 Å². The maximum absolute atomic E-state index is 13.7. The molecule has 130 valence electrons. The number of nitrogens with one attached hydrogen (secondary N) is 1. The molecule has 0 aliphatic carbocycles. The number of halogens is 1. The number of aromatic nitrogens is 3. The molecule has 0 radical (unpaired) electrons. The molecule has 0 spiro atoms. The fourth-order valence-corrected chi connectivity index (χ4v) is 2.36. The van der Waals surface area contributed by atoms with E-state index in [1.165, 1.54) is 24.5 Å². The van der Waals surface area contributed by atoms with Crippen LogP contribution < -0.4 is 0 Å². The standard InChI is InChI=1S/C18H12FN3O4/c19-13-5-2-1-4-12(13)17-8-11(22-26-17)10-25-18(23)15-9-14(20-21-15)16-6-3-7-24-16/h1-9H,10H2,(H,20,21). The zero-order valence-corrected chi connectivity index (χ0v) is 13.3. The van der Waals surface area contributed by atoms with E-state index in [1.54, 1.807) is 30.3 Å². The number of nitrogens with zero attached hydrogens (tertiary/aromatic N) is 2. The van der Waals surface area contributed by atoms with Gasteiger partial charge in [0.1, 0.15) is 29.5 Å². The zero-order valence-electron chi connectivity index (χ0n) is 13.3. The highest BCUT2D eigenvalue weighted by Gasteiger charge is 2.16. The van der Waals surface area contributed by atoms with Crippen molar-refractivity contribution in [3.63, 3.8) is 0 Å². The van der Waals surface area contributed by atoms with Crippen LogP contribution in [0, 0.1) is 5.82 Å². The van der Waals surface area contributed by atoms with Gasteiger partial charge in [0.25, 0.3) is 0 Å². The average molecular weight is 353 g/mol. The second kappa shape index (κ2) is 6.67. The van der Waals surface area contributed by atoms with E-state index in [0.717, 1.165) is 0 Å². The number of carbonyl (C=O) groups excluding carboxylic acids is 1. The third kappa shape index (κ3) is 3.12. The van der Waals surface area contributed by atoms with Crippen LogP contribution in [0.2, 0.25) is 0 Å². The van der Waals surface area contributed by atoms with Crippen molar-refractivity contribution in [2.24, 2.45) is 0 Å². The smallest absolute Gasteiger partial charge is 0.356 e. The Morgan fingerprint density at radius 1 is 1.15 bits per heavy atom. The number of aromatic amines is 1. The van der Waals surface area contributed by atoms with E-state index >= 15 is 0 Å². The molecule has 1 N–H and O–H groups in total. The lowest BCUT2D eigenvalue weighted by Gasteiger charge is -1.99. The number of rotatable bonds is 5. The monoisotopic (exact) mass is 353 g/mol. The van der Waals surface area contributed by atoms with E-state index in [9.17, 15) is 9.18 Å². The van der Waals surface area contributed by atoms with Crippen molar-refractivity contribution in [2.75, 3.05) is 0 Å². The van der Waals surface area contributed by atoms with E-state index in [2.05, 4.69) is 15.4 Å². The van der Waals surface area contributed by atoms with Crippen LogP contribution >= 0.6 is 0 Å². The van der Waals surface area contributed by atoms with Crippen molar-refractivity contribution < 1.29 is 22.9 Å². The number of hydrogen-bond donors (Lipinski definition) is 1. The molecule has 0 fully saturated rings. The van der Waals surface area contributed by atoms with Crippen LogP contribution in [0.5, 0.6) is 0 Å². The van der Waals surface area contributed by atoms with Gasteiger partial charge >= 0.3 is 5.97 Å². The summed E-state index contributed by atoms with van der Waals surface area (Å²) >= 11 is 0. The highest BCUT2D eigenvalue weighted by atomic mass is 19.1. The number of benzene rings is 1. The molecule has 4 rings (SSSR count). The van der Waals surface area contributed by atoms with Crippen LogP contribution in [-0.2, 0) is 11.3 Å². The molecule has 8 heteroatoms. The number of esters is 1. The SMILES string of the molecule is O=C(OCc1cc(-c2ccccc2F)on1)c1cc(-c2ccco2)n[nH]1. The maximum Gasteiger partial charge on any atom is 0.356 e. The van der Waals surface area contributed by atoms with Gasteiger partial charge in [-0.2, -0.15) is 5.10 Å². The molecule has 0 unspecified atom stereocenters. The molecule has 0 saturated carbocycles. The number of H-pyrrole nitrogens is 1. The molecular weight excluding hydrogens is 341 g/mol. The van der Waals surface area contributed by atoms with Gasteiger partial charge in [-0.25, -0.2) is 9.18 Å². The number of ether oxygens (including phenoxy) is 1. The number of hydrogen-bond acceptors (Lipinski definition) is 6. The van der Waals surface area contributed by atoms with Gasteiger partial charge in [0.05, 0.1) is 11.8 Å². The summed E-state index contributed by atoms with van der Waals surface area (Å²) < 4.78 is 29.2. The van der Waals surface area contributed by atoms with Crippen molar-refractivity contribution in [2.45, 2.75) is 6.61 Å². The molecule has 0 atom stereocenters. The number of carbonyl (C=O) groups is 1. The molecule has 0 aliphatic heterocycles. The van der Waals surface area contributed by atoms with Gasteiger partial charge < -0.3 is 13.7 Å². The third-order valence-corrected chi connectivity index (χ3v) is 3.62. The molecule has 1 aromatic carbocycles. The molecule has 7 nitrogen and oxygen atoms in total. The highest BCUT2D eigenvalue weighted by Crippen LogP contribution is 2.23. The Labute approximate surface area is 146 Å². The molecule has 0 bridgehead atoms. The summed E-state index contributed by atoms with van der Waals surface area (Å²) in [6.07, 6.45) is 1.51. The first-order valence-corrected chi connectivity index (χ1v) is 7.67. The molecule has 3 heterocycles. The predicted molar refractivity (Wildman–Crippen MR) is 87.3 cm³/mol. The van der Waals surface area contributed by atoms with E-state index in [1.807, 2.05) is 0 Å². The van der Waals surface area contributed by atoms with Crippen LogP contribution in [-0.4, -0.2) is 21.3 Å². The molecule has 0 aliphatic rings. The number of furan rings is 1. The van der Waals surface area contributed by atoms with E-state index < -0.39 is 11.8 Å². The molecule has 3 aromatic heterocycles. The van der Waals surface area contributed by atoms with Gasteiger partial charge in [-0.05, 0) is 24.3 Å². The topological polar surface area (TPSA) is 94.2 Å². The van der Waals surface area contributed by atoms with Gasteiger partial charge in [0.2, 0.25) is 0 Å². The summed E-state index contributed by atoms with van der Waals surface area (Å²) in [5.74, 6) is -0.233. The van der Waals surface area contributed by atoms with Crippen LogP contribution in [0.25, 0.3) is 22.8 Å². The lowest BCUT2D eigenvalue weighted by atomic mass is 10.1. The minimum absolute atomic E-state index is 0.119. The van der Waals surface area contributed by atoms with Gasteiger partial charge in [0.15, 0.2) is 11.5 Å². The average Bonchev–Trinajstić information content (AvgIpc) is 3.40. The minimum atomic E-state index is -0.606. The molecule has 26 heavy (non-hydrogen) atoms. The predicted octanol–water partition coefficient (Wildman–Crippen LogP) is 3.82. The maximum atomic E-state index is 13.7. The van der Waals surface area contributed by atoms with Gasteiger partial charge in [0, 0.05) is 12.1 Å². The third-order valence-electron chi connectivity index (χ3n) is 3.62. The van der Waals surface area contributed by atoms with E-state index in [0.29, 0.717) is 17.1 Å². The quantitative estimate of drug-likeness (QED) is 0.548. The first-order chi connectivity index (χ1) is 12.7. The lowest BCUT2D eigenvalue weighted by Crippen LogP contribution is -2.05. The Morgan fingerprint density at radius 2 is 2.04 bits per heavy atom. The van der Waals surface area contributed by atoms with Crippen LogP contribution in [0.15, 0.2) is 63.7 Å². The Kier molecular flexibility index (Phi) is 4.06. The van der Waals surface area contributed by atoms with Crippen molar-refractivity contribution in [3.8, 4) is 22.8 Å². The summed E-state index contributed by atoms with van der Waals surface area (Å²) in [6, 6.07) is 12.7. The van der Waals surface area contributed by atoms with Crippen molar-refractivity contribution in [3.05, 3.63) is 72.0 Å². The molecule has 0 saturated heterocycles. The first kappa shape index (κ1) is 15.8.